The monoisotopic (exact) mass is 274 g/mol. The number of hydrogen-bond donors (Lipinski definition) is 2. The lowest BCUT2D eigenvalue weighted by Gasteiger charge is -2.27. The molecule has 0 aromatic heterocycles. The van der Waals surface area contributed by atoms with Gasteiger partial charge in [0, 0.05) is 0 Å². The number of carbonyl (C=O) groups is 2. The van der Waals surface area contributed by atoms with Crippen LogP contribution in [0, 0.1) is 5.92 Å². The second kappa shape index (κ2) is 5.77. The first-order chi connectivity index (χ1) is 9.51. The molecule has 20 heavy (non-hydrogen) atoms. The van der Waals surface area contributed by atoms with Crippen molar-refractivity contribution in [3.63, 3.8) is 0 Å². The number of hydrogen-bond acceptors (Lipinski definition) is 3. The van der Waals surface area contributed by atoms with Crippen LogP contribution >= 0.6 is 0 Å². The number of ether oxygens (including phenoxy) is 1. The minimum absolute atomic E-state index is 0.0569. The van der Waals surface area contributed by atoms with Crippen molar-refractivity contribution in [3.8, 4) is 5.75 Å². The van der Waals surface area contributed by atoms with E-state index >= 15 is 0 Å². The van der Waals surface area contributed by atoms with Crippen LogP contribution < -0.4 is 15.4 Å². The molecule has 2 N–H and O–H groups in total. The van der Waals surface area contributed by atoms with Crippen molar-refractivity contribution >= 4 is 17.9 Å². The lowest BCUT2D eigenvalue weighted by atomic mass is 10.0. The Hall–Kier alpha value is -2.30. The summed E-state index contributed by atoms with van der Waals surface area (Å²) in [4.78, 5) is 23.9. The average Bonchev–Trinajstić information content (AvgIpc) is 2.43. The Morgan fingerprint density at radius 2 is 1.85 bits per heavy atom. The van der Waals surface area contributed by atoms with E-state index in [-0.39, 0.29) is 23.4 Å². The number of piperazine rings is 1. The summed E-state index contributed by atoms with van der Waals surface area (Å²) in [5, 5.41) is 5.37. The van der Waals surface area contributed by atoms with Crippen molar-refractivity contribution in [2.75, 3.05) is 7.11 Å². The molecule has 106 valence electrons. The molecule has 1 heterocycles. The molecule has 1 aliphatic heterocycles. The maximum atomic E-state index is 12.0. The molecule has 1 unspecified atom stereocenters. The van der Waals surface area contributed by atoms with Crippen LogP contribution in [0.5, 0.6) is 5.75 Å². The van der Waals surface area contributed by atoms with E-state index in [2.05, 4.69) is 10.6 Å². The van der Waals surface area contributed by atoms with E-state index in [1.54, 1.807) is 25.3 Å². The topological polar surface area (TPSA) is 67.4 Å². The Bertz CT molecular complexity index is 547. The third kappa shape index (κ3) is 2.99. The Kier molecular flexibility index (Phi) is 4.08. The standard InChI is InChI=1S/C15H18N2O3/c1-9(2)13-15(19)16-12(14(18)17-13)8-10-4-6-11(20-3)7-5-10/h4-9,13H,1-3H3,(H,16,19)(H,17,18)/b12-8-. The molecule has 1 fully saturated rings. The zero-order valence-electron chi connectivity index (χ0n) is 11.8. The van der Waals surface area contributed by atoms with E-state index in [0.29, 0.717) is 0 Å². The molecule has 0 bridgehead atoms. The van der Waals surface area contributed by atoms with E-state index in [4.69, 9.17) is 4.74 Å². The van der Waals surface area contributed by atoms with Gasteiger partial charge in [0.1, 0.15) is 17.5 Å². The summed E-state index contributed by atoms with van der Waals surface area (Å²) in [5.74, 6) is 0.351. The summed E-state index contributed by atoms with van der Waals surface area (Å²) in [7, 11) is 1.59. The van der Waals surface area contributed by atoms with Crippen molar-refractivity contribution in [2.24, 2.45) is 5.92 Å². The molecule has 1 saturated heterocycles. The largest absolute Gasteiger partial charge is 0.497 e. The molecule has 1 aromatic rings. The van der Waals surface area contributed by atoms with Crippen molar-refractivity contribution in [1.29, 1.82) is 0 Å². The van der Waals surface area contributed by atoms with Gasteiger partial charge in [-0.05, 0) is 29.7 Å². The van der Waals surface area contributed by atoms with Gasteiger partial charge in [-0.25, -0.2) is 0 Å². The first kappa shape index (κ1) is 14.1. The minimum atomic E-state index is -0.476. The van der Waals surface area contributed by atoms with E-state index in [0.717, 1.165) is 11.3 Å². The van der Waals surface area contributed by atoms with Crippen LogP contribution in [-0.4, -0.2) is 25.0 Å². The third-order valence-electron chi connectivity index (χ3n) is 3.17. The Balaban J connectivity index is 2.18. The highest BCUT2D eigenvalue weighted by Crippen LogP contribution is 2.15. The Morgan fingerprint density at radius 3 is 2.40 bits per heavy atom. The van der Waals surface area contributed by atoms with Gasteiger partial charge in [0.2, 0.25) is 5.91 Å². The highest BCUT2D eigenvalue weighted by atomic mass is 16.5. The van der Waals surface area contributed by atoms with Crippen molar-refractivity contribution < 1.29 is 14.3 Å². The maximum absolute atomic E-state index is 12.0. The molecule has 0 spiro atoms. The fraction of sp³-hybridized carbons (Fsp3) is 0.333. The second-order valence-electron chi connectivity index (χ2n) is 5.02. The van der Waals surface area contributed by atoms with E-state index in [9.17, 15) is 9.59 Å². The van der Waals surface area contributed by atoms with Crippen LogP contribution in [0.2, 0.25) is 0 Å². The lowest BCUT2D eigenvalue weighted by molar-refractivity contribution is -0.132. The molecule has 0 saturated carbocycles. The van der Waals surface area contributed by atoms with E-state index in [1.807, 2.05) is 26.0 Å². The lowest BCUT2D eigenvalue weighted by Crippen LogP contribution is -2.56. The normalized spacial score (nSPS) is 20.8. The quantitative estimate of drug-likeness (QED) is 0.817. The van der Waals surface area contributed by atoms with Gasteiger partial charge in [-0.3, -0.25) is 9.59 Å². The molecule has 1 atom stereocenters. The van der Waals surface area contributed by atoms with Crippen molar-refractivity contribution in [2.45, 2.75) is 19.9 Å². The molecule has 0 aliphatic carbocycles. The zero-order chi connectivity index (χ0) is 14.7. The second-order valence-corrected chi connectivity index (χ2v) is 5.02. The number of methoxy groups -OCH3 is 1. The summed E-state index contributed by atoms with van der Waals surface area (Å²) in [6.07, 6.45) is 1.64. The van der Waals surface area contributed by atoms with Crippen LogP contribution in [0.25, 0.3) is 6.08 Å². The number of nitrogens with one attached hydrogen (secondary N) is 2. The molecular formula is C15H18N2O3. The molecule has 2 rings (SSSR count). The molecule has 5 heteroatoms. The molecule has 1 aromatic carbocycles. The van der Waals surface area contributed by atoms with Gasteiger partial charge in [-0.15, -0.1) is 0 Å². The minimum Gasteiger partial charge on any atom is -0.497 e. The van der Waals surface area contributed by atoms with Gasteiger partial charge in [0.15, 0.2) is 0 Å². The predicted molar refractivity (Wildman–Crippen MR) is 75.9 cm³/mol. The number of rotatable bonds is 3. The van der Waals surface area contributed by atoms with Crippen molar-refractivity contribution in [3.05, 3.63) is 35.5 Å². The van der Waals surface area contributed by atoms with Gasteiger partial charge in [-0.2, -0.15) is 0 Å². The maximum Gasteiger partial charge on any atom is 0.268 e. The van der Waals surface area contributed by atoms with Crippen molar-refractivity contribution in [1.82, 2.24) is 10.6 Å². The molecule has 0 radical (unpaired) electrons. The highest BCUT2D eigenvalue weighted by Gasteiger charge is 2.31. The fourth-order valence-corrected chi connectivity index (χ4v) is 1.99. The van der Waals surface area contributed by atoms with Gasteiger partial charge in [0.25, 0.3) is 5.91 Å². The summed E-state index contributed by atoms with van der Waals surface area (Å²) < 4.78 is 5.07. The van der Waals surface area contributed by atoms with Crippen LogP contribution in [0.4, 0.5) is 0 Å². The third-order valence-corrected chi connectivity index (χ3v) is 3.17. The predicted octanol–water partition coefficient (Wildman–Crippen LogP) is 1.31. The molecule has 2 amide bonds. The summed E-state index contributed by atoms with van der Waals surface area (Å²) >= 11 is 0. The zero-order valence-corrected chi connectivity index (χ0v) is 11.8. The SMILES string of the molecule is COc1ccc(/C=C2\NC(=O)C(C(C)C)NC2=O)cc1. The summed E-state index contributed by atoms with van der Waals surface area (Å²) in [6.45, 7) is 3.78. The first-order valence-corrected chi connectivity index (χ1v) is 6.48. The van der Waals surface area contributed by atoms with E-state index < -0.39 is 6.04 Å². The molecular weight excluding hydrogens is 256 g/mol. The van der Waals surface area contributed by atoms with Gasteiger partial charge in [0.05, 0.1) is 7.11 Å². The number of carbonyl (C=O) groups excluding carboxylic acids is 2. The number of benzene rings is 1. The highest BCUT2D eigenvalue weighted by molar-refractivity contribution is 6.07. The van der Waals surface area contributed by atoms with Crippen LogP contribution in [-0.2, 0) is 9.59 Å². The Labute approximate surface area is 118 Å². The van der Waals surface area contributed by atoms with Crippen LogP contribution in [0.15, 0.2) is 30.0 Å². The Morgan fingerprint density at radius 1 is 1.20 bits per heavy atom. The summed E-state index contributed by atoms with van der Waals surface area (Å²) in [5.41, 5.74) is 1.08. The summed E-state index contributed by atoms with van der Waals surface area (Å²) in [6, 6.07) is 6.76. The molecule has 5 nitrogen and oxygen atoms in total. The number of amides is 2. The van der Waals surface area contributed by atoms with E-state index in [1.165, 1.54) is 0 Å². The smallest absolute Gasteiger partial charge is 0.268 e. The average molecular weight is 274 g/mol. The van der Waals surface area contributed by atoms with Gasteiger partial charge >= 0.3 is 0 Å². The fourth-order valence-electron chi connectivity index (χ4n) is 1.99. The van der Waals surface area contributed by atoms with Gasteiger partial charge < -0.3 is 15.4 Å². The van der Waals surface area contributed by atoms with Crippen LogP contribution in [0.1, 0.15) is 19.4 Å². The van der Waals surface area contributed by atoms with Crippen LogP contribution in [0.3, 0.4) is 0 Å². The molecule has 1 aliphatic rings. The van der Waals surface area contributed by atoms with Gasteiger partial charge in [-0.1, -0.05) is 26.0 Å². The first-order valence-electron chi connectivity index (χ1n) is 6.48.